The molecule has 1 aliphatic rings. The number of hydrogen-bond acceptors (Lipinski definition) is 5. The molecule has 0 radical (unpaired) electrons. The standard InChI is InChI=1S/C15H15FN2O4/c1-20-13-4-3-10(7-12(13)16)15(22-14(19)21-2)6-5-11-8-17-9-18(11)15/h3-4,7-9H,5-6H2,1-2H3. The van der Waals surface area contributed by atoms with Gasteiger partial charge in [-0.2, -0.15) is 0 Å². The lowest BCUT2D eigenvalue weighted by Crippen LogP contribution is -2.37. The van der Waals surface area contributed by atoms with Gasteiger partial charge in [-0.25, -0.2) is 14.2 Å². The molecule has 0 aliphatic carbocycles. The van der Waals surface area contributed by atoms with Gasteiger partial charge in [0.2, 0.25) is 5.72 Å². The Bertz CT molecular complexity index is 715. The highest BCUT2D eigenvalue weighted by Gasteiger charge is 2.44. The molecule has 1 aliphatic heterocycles. The Hall–Kier alpha value is -2.57. The Morgan fingerprint density at radius 3 is 2.91 bits per heavy atom. The number of methoxy groups -OCH3 is 2. The third kappa shape index (κ3) is 2.09. The summed E-state index contributed by atoms with van der Waals surface area (Å²) < 4.78 is 30.8. The van der Waals surface area contributed by atoms with E-state index < -0.39 is 17.7 Å². The number of benzene rings is 1. The molecule has 3 rings (SSSR count). The highest BCUT2D eigenvalue weighted by molar-refractivity contribution is 5.61. The molecule has 0 amide bonds. The van der Waals surface area contributed by atoms with Gasteiger partial charge in [0.1, 0.15) is 0 Å². The summed E-state index contributed by atoms with van der Waals surface area (Å²) in [7, 11) is 2.62. The zero-order chi connectivity index (χ0) is 15.7. The van der Waals surface area contributed by atoms with Crippen molar-refractivity contribution < 1.29 is 23.4 Å². The average molecular weight is 306 g/mol. The second-order valence-corrected chi connectivity index (χ2v) is 4.94. The first-order chi connectivity index (χ1) is 10.6. The van der Waals surface area contributed by atoms with Crippen molar-refractivity contribution in [2.45, 2.75) is 18.6 Å². The average Bonchev–Trinajstić information content (AvgIpc) is 3.11. The van der Waals surface area contributed by atoms with Crippen LogP contribution < -0.4 is 4.74 Å². The summed E-state index contributed by atoms with van der Waals surface area (Å²) in [5, 5.41) is 0. The highest BCUT2D eigenvalue weighted by atomic mass is 19.1. The van der Waals surface area contributed by atoms with E-state index in [2.05, 4.69) is 9.72 Å². The van der Waals surface area contributed by atoms with Crippen molar-refractivity contribution in [2.75, 3.05) is 14.2 Å². The summed E-state index contributed by atoms with van der Waals surface area (Å²) in [5.41, 5.74) is 0.236. The van der Waals surface area contributed by atoms with Gasteiger partial charge in [-0.05, 0) is 24.6 Å². The minimum Gasteiger partial charge on any atom is -0.494 e. The molecule has 0 spiro atoms. The van der Waals surface area contributed by atoms with Crippen LogP contribution in [0, 0.1) is 5.82 Å². The molecular formula is C15H15FN2O4. The summed E-state index contributed by atoms with van der Waals surface area (Å²) in [5.74, 6) is -0.401. The fraction of sp³-hybridized carbons (Fsp3) is 0.333. The van der Waals surface area contributed by atoms with Crippen LogP contribution in [-0.2, 0) is 21.6 Å². The number of rotatable bonds is 3. The number of aryl methyl sites for hydroxylation is 1. The van der Waals surface area contributed by atoms with E-state index in [1.54, 1.807) is 23.2 Å². The summed E-state index contributed by atoms with van der Waals surface area (Å²) in [6, 6.07) is 4.47. The van der Waals surface area contributed by atoms with Crippen molar-refractivity contribution in [3.8, 4) is 5.75 Å². The zero-order valence-corrected chi connectivity index (χ0v) is 12.2. The van der Waals surface area contributed by atoms with Crippen LogP contribution in [0.2, 0.25) is 0 Å². The predicted octanol–water partition coefficient (Wildman–Crippen LogP) is 2.46. The van der Waals surface area contributed by atoms with Crippen LogP contribution in [0.15, 0.2) is 30.7 Å². The van der Waals surface area contributed by atoms with E-state index in [4.69, 9.17) is 9.47 Å². The van der Waals surface area contributed by atoms with Gasteiger partial charge in [0.05, 0.1) is 20.5 Å². The molecule has 22 heavy (non-hydrogen) atoms. The largest absolute Gasteiger partial charge is 0.510 e. The van der Waals surface area contributed by atoms with Gasteiger partial charge in [0, 0.05) is 23.9 Å². The van der Waals surface area contributed by atoms with Crippen LogP contribution >= 0.6 is 0 Å². The Kier molecular flexibility index (Phi) is 3.48. The quantitative estimate of drug-likeness (QED) is 0.815. The molecule has 1 aromatic heterocycles. The second kappa shape index (κ2) is 5.32. The van der Waals surface area contributed by atoms with E-state index in [0.29, 0.717) is 18.4 Å². The maximum Gasteiger partial charge on any atom is 0.510 e. The van der Waals surface area contributed by atoms with Crippen molar-refractivity contribution in [1.29, 1.82) is 0 Å². The third-order valence-electron chi connectivity index (χ3n) is 3.85. The number of ether oxygens (including phenoxy) is 3. The lowest BCUT2D eigenvalue weighted by atomic mass is 9.99. The summed E-state index contributed by atoms with van der Waals surface area (Å²) in [4.78, 5) is 15.8. The van der Waals surface area contributed by atoms with Crippen LogP contribution in [0.1, 0.15) is 17.7 Å². The summed E-state index contributed by atoms with van der Waals surface area (Å²) in [6.07, 6.45) is 3.56. The van der Waals surface area contributed by atoms with Crippen molar-refractivity contribution >= 4 is 6.16 Å². The van der Waals surface area contributed by atoms with E-state index in [9.17, 15) is 9.18 Å². The van der Waals surface area contributed by atoms with Crippen LogP contribution in [0.4, 0.5) is 9.18 Å². The van der Waals surface area contributed by atoms with E-state index in [-0.39, 0.29) is 5.75 Å². The summed E-state index contributed by atoms with van der Waals surface area (Å²) >= 11 is 0. The first-order valence-electron chi connectivity index (χ1n) is 6.73. The smallest absolute Gasteiger partial charge is 0.494 e. The maximum atomic E-state index is 14.1. The van der Waals surface area contributed by atoms with E-state index in [1.165, 1.54) is 26.4 Å². The van der Waals surface area contributed by atoms with Gasteiger partial charge in [-0.1, -0.05) is 0 Å². The lowest BCUT2D eigenvalue weighted by molar-refractivity contribution is -0.0461. The van der Waals surface area contributed by atoms with Crippen molar-refractivity contribution in [1.82, 2.24) is 9.55 Å². The van der Waals surface area contributed by atoms with Crippen molar-refractivity contribution in [2.24, 2.45) is 0 Å². The number of hydrogen-bond donors (Lipinski definition) is 0. The molecule has 0 bridgehead atoms. The fourth-order valence-corrected chi connectivity index (χ4v) is 2.78. The Labute approximate surface area is 126 Å². The Morgan fingerprint density at radius 2 is 2.23 bits per heavy atom. The second-order valence-electron chi connectivity index (χ2n) is 4.94. The number of carbonyl (C=O) groups is 1. The normalized spacial score (nSPS) is 19.6. The molecule has 6 nitrogen and oxygen atoms in total. The topological polar surface area (TPSA) is 62.6 Å². The fourth-order valence-electron chi connectivity index (χ4n) is 2.78. The molecule has 0 saturated heterocycles. The van der Waals surface area contributed by atoms with Gasteiger partial charge in [0.15, 0.2) is 11.6 Å². The van der Waals surface area contributed by atoms with E-state index >= 15 is 0 Å². The molecule has 0 saturated carbocycles. The molecule has 2 aromatic rings. The summed E-state index contributed by atoms with van der Waals surface area (Å²) in [6.45, 7) is 0. The molecule has 1 aromatic carbocycles. The third-order valence-corrected chi connectivity index (χ3v) is 3.85. The maximum absolute atomic E-state index is 14.1. The SMILES string of the molecule is COC(=O)OC1(c2ccc(OC)c(F)c2)CCc2cncn21. The first kappa shape index (κ1) is 14.4. The van der Waals surface area contributed by atoms with Crippen LogP contribution in [0.5, 0.6) is 5.75 Å². The zero-order valence-electron chi connectivity index (χ0n) is 12.2. The lowest BCUT2D eigenvalue weighted by Gasteiger charge is -2.30. The molecule has 7 heteroatoms. The number of nitrogens with zero attached hydrogens (tertiary/aromatic N) is 2. The van der Waals surface area contributed by atoms with E-state index in [0.717, 1.165) is 5.69 Å². The molecule has 0 fully saturated rings. The van der Waals surface area contributed by atoms with Crippen molar-refractivity contribution in [3.05, 3.63) is 47.8 Å². The Balaban J connectivity index is 2.11. The Morgan fingerprint density at radius 1 is 1.41 bits per heavy atom. The van der Waals surface area contributed by atoms with Gasteiger partial charge in [-0.15, -0.1) is 0 Å². The molecule has 1 atom stereocenters. The van der Waals surface area contributed by atoms with Crippen LogP contribution in [-0.4, -0.2) is 29.9 Å². The molecule has 0 N–H and O–H groups in total. The number of carbonyl (C=O) groups excluding carboxylic acids is 1. The molecule has 2 heterocycles. The van der Waals surface area contributed by atoms with Gasteiger partial charge in [0.25, 0.3) is 0 Å². The molecule has 116 valence electrons. The minimum absolute atomic E-state index is 0.126. The highest BCUT2D eigenvalue weighted by Crippen LogP contribution is 2.40. The first-order valence-corrected chi connectivity index (χ1v) is 6.73. The number of halogens is 1. The van der Waals surface area contributed by atoms with Gasteiger partial charge < -0.3 is 14.2 Å². The van der Waals surface area contributed by atoms with E-state index in [1.807, 2.05) is 0 Å². The van der Waals surface area contributed by atoms with Crippen LogP contribution in [0.3, 0.4) is 0 Å². The van der Waals surface area contributed by atoms with Gasteiger partial charge in [-0.3, -0.25) is 4.57 Å². The van der Waals surface area contributed by atoms with Crippen LogP contribution in [0.25, 0.3) is 0 Å². The number of fused-ring (bicyclic) bond motifs is 1. The number of imidazole rings is 1. The number of aromatic nitrogens is 2. The molecular weight excluding hydrogens is 291 g/mol. The van der Waals surface area contributed by atoms with Crippen molar-refractivity contribution in [3.63, 3.8) is 0 Å². The van der Waals surface area contributed by atoms with Gasteiger partial charge >= 0.3 is 6.16 Å². The predicted molar refractivity (Wildman–Crippen MR) is 74.1 cm³/mol. The monoisotopic (exact) mass is 306 g/mol. The minimum atomic E-state index is -1.16. The molecule has 1 unspecified atom stereocenters.